The fourth-order valence-corrected chi connectivity index (χ4v) is 1.54. The molecule has 1 aromatic carbocycles. The lowest BCUT2D eigenvalue weighted by atomic mass is 10.1. The summed E-state index contributed by atoms with van der Waals surface area (Å²) in [5.74, 6) is 0.136. The van der Waals surface area contributed by atoms with Crippen LogP contribution in [-0.4, -0.2) is 23.8 Å². The molecule has 0 amide bonds. The Balaban J connectivity index is 0.00000225. The van der Waals surface area contributed by atoms with E-state index < -0.39 is 0 Å². The summed E-state index contributed by atoms with van der Waals surface area (Å²) < 4.78 is 0. The first-order chi connectivity index (χ1) is 7.17. The summed E-state index contributed by atoms with van der Waals surface area (Å²) in [6.07, 6.45) is 0. The highest BCUT2D eigenvalue weighted by Gasteiger charge is 2.02. The van der Waals surface area contributed by atoms with Crippen LogP contribution in [0.25, 0.3) is 0 Å². The number of hydrogen-bond donors (Lipinski definition) is 2. The molecule has 3 N–H and O–H groups in total. The van der Waals surface area contributed by atoms with Gasteiger partial charge >= 0.3 is 0 Å². The highest BCUT2D eigenvalue weighted by molar-refractivity contribution is 5.95. The Hall–Kier alpha value is -1.06. The number of amidine groups is 1. The molecule has 0 heterocycles. The minimum absolute atomic E-state index is 0. The van der Waals surface area contributed by atoms with E-state index in [0.717, 1.165) is 25.2 Å². The largest absolute Gasteiger partial charge is 0.384 e. The standard InChI is InChI=1S/C12H19N3.ClH/c1-3-15(4-2)9-10-6-5-7-11(8-10)12(13)14;/h5-8H,3-4,9H2,1-2H3,(H3,13,14);1H. The third kappa shape index (κ3) is 4.21. The van der Waals surface area contributed by atoms with Crippen molar-refractivity contribution in [1.82, 2.24) is 4.90 Å². The average Bonchev–Trinajstić information content (AvgIpc) is 2.26. The molecule has 0 spiro atoms. The second-order valence-corrected chi connectivity index (χ2v) is 3.58. The average molecular weight is 242 g/mol. The molecule has 16 heavy (non-hydrogen) atoms. The minimum atomic E-state index is 0. The molecule has 0 aliphatic rings. The smallest absolute Gasteiger partial charge is 0.122 e. The van der Waals surface area contributed by atoms with Gasteiger partial charge in [0.1, 0.15) is 5.84 Å². The van der Waals surface area contributed by atoms with Gasteiger partial charge in [-0.1, -0.05) is 32.0 Å². The van der Waals surface area contributed by atoms with Crippen molar-refractivity contribution in [2.24, 2.45) is 5.73 Å². The predicted molar refractivity (Wildman–Crippen MR) is 71.3 cm³/mol. The van der Waals surface area contributed by atoms with Crippen LogP contribution in [0.15, 0.2) is 24.3 Å². The van der Waals surface area contributed by atoms with E-state index in [1.807, 2.05) is 18.2 Å². The molecule has 0 unspecified atom stereocenters. The number of hydrogen-bond acceptors (Lipinski definition) is 2. The summed E-state index contributed by atoms with van der Waals surface area (Å²) in [5, 5.41) is 7.37. The maximum absolute atomic E-state index is 7.37. The van der Waals surface area contributed by atoms with E-state index in [4.69, 9.17) is 11.1 Å². The number of nitrogen functional groups attached to an aromatic ring is 1. The zero-order chi connectivity index (χ0) is 11.3. The summed E-state index contributed by atoms with van der Waals surface area (Å²) >= 11 is 0. The van der Waals surface area contributed by atoms with Crippen LogP contribution in [0.5, 0.6) is 0 Å². The van der Waals surface area contributed by atoms with Gasteiger partial charge in [0.05, 0.1) is 0 Å². The van der Waals surface area contributed by atoms with Crippen molar-refractivity contribution < 1.29 is 0 Å². The van der Waals surface area contributed by atoms with Gasteiger partial charge in [0.15, 0.2) is 0 Å². The first-order valence-corrected chi connectivity index (χ1v) is 5.33. The Bertz CT molecular complexity index is 335. The van der Waals surface area contributed by atoms with Crippen molar-refractivity contribution in [1.29, 1.82) is 5.41 Å². The lowest BCUT2D eigenvalue weighted by Crippen LogP contribution is -2.22. The molecule has 0 radical (unpaired) electrons. The number of rotatable bonds is 5. The molecule has 1 aromatic rings. The SMILES string of the molecule is CCN(CC)Cc1cccc(C(=N)N)c1.Cl. The van der Waals surface area contributed by atoms with Crippen LogP contribution < -0.4 is 5.73 Å². The second kappa shape index (κ2) is 7.25. The van der Waals surface area contributed by atoms with Gasteiger partial charge in [-0.3, -0.25) is 10.3 Å². The van der Waals surface area contributed by atoms with Crippen molar-refractivity contribution in [3.63, 3.8) is 0 Å². The Morgan fingerprint density at radius 2 is 1.94 bits per heavy atom. The van der Waals surface area contributed by atoms with E-state index in [-0.39, 0.29) is 18.2 Å². The predicted octanol–water partition coefficient (Wildman–Crippen LogP) is 2.23. The van der Waals surface area contributed by atoms with Crippen LogP contribution in [0.1, 0.15) is 25.0 Å². The molecule has 0 aliphatic carbocycles. The molecule has 1 rings (SSSR count). The highest BCUT2D eigenvalue weighted by Crippen LogP contribution is 2.07. The molecule has 3 nitrogen and oxygen atoms in total. The van der Waals surface area contributed by atoms with Gasteiger partial charge in [0.2, 0.25) is 0 Å². The van der Waals surface area contributed by atoms with E-state index >= 15 is 0 Å². The first kappa shape index (κ1) is 14.9. The molecule has 0 aromatic heterocycles. The van der Waals surface area contributed by atoms with Gasteiger partial charge in [0.25, 0.3) is 0 Å². The lowest BCUT2D eigenvalue weighted by Gasteiger charge is -2.18. The van der Waals surface area contributed by atoms with Crippen molar-refractivity contribution in [3.8, 4) is 0 Å². The van der Waals surface area contributed by atoms with Crippen molar-refractivity contribution in [2.75, 3.05) is 13.1 Å². The maximum Gasteiger partial charge on any atom is 0.122 e. The first-order valence-electron chi connectivity index (χ1n) is 5.33. The molecule has 0 atom stereocenters. The molecule has 90 valence electrons. The third-order valence-electron chi connectivity index (χ3n) is 2.54. The number of nitrogens with one attached hydrogen (secondary N) is 1. The van der Waals surface area contributed by atoms with Gasteiger partial charge in [0, 0.05) is 12.1 Å². The second-order valence-electron chi connectivity index (χ2n) is 3.58. The molecule has 0 saturated carbocycles. The Labute approximate surface area is 104 Å². The van der Waals surface area contributed by atoms with Crippen molar-refractivity contribution in [2.45, 2.75) is 20.4 Å². The summed E-state index contributed by atoms with van der Waals surface area (Å²) in [4.78, 5) is 2.33. The van der Waals surface area contributed by atoms with Gasteiger partial charge in [-0.05, 0) is 24.7 Å². The van der Waals surface area contributed by atoms with Crippen LogP contribution in [0.2, 0.25) is 0 Å². The van der Waals surface area contributed by atoms with E-state index in [1.165, 1.54) is 5.56 Å². The van der Waals surface area contributed by atoms with Crippen LogP contribution in [-0.2, 0) is 6.54 Å². The maximum atomic E-state index is 7.37. The topological polar surface area (TPSA) is 53.1 Å². The number of benzene rings is 1. The summed E-state index contributed by atoms with van der Waals surface area (Å²) in [7, 11) is 0. The number of nitrogens with zero attached hydrogens (tertiary/aromatic N) is 1. The van der Waals surface area contributed by atoms with Crippen LogP contribution >= 0.6 is 12.4 Å². The molecule has 4 heteroatoms. The van der Waals surface area contributed by atoms with Crippen molar-refractivity contribution in [3.05, 3.63) is 35.4 Å². The van der Waals surface area contributed by atoms with Crippen LogP contribution in [0, 0.1) is 5.41 Å². The fourth-order valence-electron chi connectivity index (χ4n) is 1.54. The summed E-state index contributed by atoms with van der Waals surface area (Å²) in [5.41, 5.74) is 7.47. The Morgan fingerprint density at radius 3 is 2.44 bits per heavy atom. The van der Waals surface area contributed by atoms with Gasteiger partial charge in [-0.2, -0.15) is 0 Å². The third-order valence-corrected chi connectivity index (χ3v) is 2.54. The van der Waals surface area contributed by atoms with Gasteiger partial charge in [-0.15, -0.1) is 12.4 Å². The summed E-state index contributed by atoms with van der Waals surface area (Å²) in [6.45, 7) is 7.31. The molecular weight excluding hydrogens is 222 g/mol. The molecule has 0 bridgehead atoms. The van der Waals surface area contributed by atoms with Crippen LogP contribution in [0.4, 0.5) is 0 Å². The number of nitrogens with two attached hydrogens (primary N) is 1. The van der Waals surface area contributed by atoms with E-state index in [0.29, 0.717) is 0 Å². The minimum Gasteiger partial charge on any atom is -0.384 e. The molecule has 0 fully saturated rings. The van der Waals surface area contributed by atoms with Crippen molar-refractivity contribution >= 4 is 18.2 Å². The molecule has 0 saturated heterocycles. The Kier molecular flexibility index (Phi) is 6.77. The quantitative estimate of drug-likeness (QED) is 0.614. The highest BCUT2D eigenvalue weighted by atomic mass is 35.5. The zero-order valence-electron chi connectivity index (χ0n) is 9.86. The molecule has 0 aliphatic heterocycles. The zero-order valence-corrected chi connectivity index (χ0v) is 10.7. The van der Waals surface area contributed by atoms with Gasteiger partial charge < -0.3 is 5.73 Å². The lowest BCUT2D eigenvalue weighted by molar-refractivity contribution is 0.296. The molecular formula is C12H20ClN3. The van der Waals surface area contributed by atoms with E-state index in [1.54, 1.807) is 0 Å². The fraction of sp³-hybridized carbons (Fsp3) is 0.417. The van der Waals surface area contributed by atoms with Gasteiger partial charge in [-0.25, -0.2) is 0 Å². The van der Waals surface area contributed by atoms with Crippen LogP contribution in [0.3, 0.4) is 0 Å². The monoisotopic (exact) mass is 241 g/mol. The Morgan fingerprint density at radius 1 is 1.31 bits per heavy atom. The van der Waals surface area contributed by atoms with E-state index in [9.17, 15) is 0 Å². The summed E-state index contributed by atoms with van der Waals surface area (Å²) in [6, 6.07) is 7.88. The normalized spacial score (nSPS) is 9.94. The van der Waals surface area contributed by atoms with E-state index in [2.05, 4.69) is 24.8 Å². The number of halogens is 1.